The average Bonchev–Trinajstić information content (AvgIpc) is 3.20. The Morgan fingerprint density at radius 1 is 1.21 bits per heavy atom. The molecule has 0 bridgehead atoms. The van der Waals surface area contributed by atoms with Gasteiger partial charge in [-0.25, -0.2) is 0 Å². The Bertz CT molecular complexity index is 335. The molecule has 19 heavy (non-hydrogen) atoms. The first-order chi connectivity index (χ1) is 9.22. The van der Waals surface area contributed by atoms with Crippen molar-refractivity contribution in [2.24, 2.45) is 5.41 Å². The minimum absolute atomic E-state index is 0.0115. The fraction of sp³-hybridized carbons (Fsp3) is 0.933. The highest BCUT2D eigenvalue weighted by molar-refractivity contribution is 5.84. The second-order valence-corrected chi connectivity index (χ2v) is 6.76. The Morgan fingerprint density at radius 3 is 2.58 bits per heavy atom. The van der Waals surface area contributed by atoms with Crippen LogP contribution in [0.5, 0.6) is 0 Å². The average molecular weight is 266 g/mol. The van der Waals surface area contributed by atoms with Gasteiger partial charge in [-0.3, -0.25) is 4.79 Å². The lowest BCUT2D eigenvalue weighted by atomic mass is 9.74. The van der Waals surface area contributed by atoms with Crippen molar-refractivity contribution in [2.75, 3.05) is 19.7 Å². The van der Waals surface area contributed by atoms with Crippen LogP contribution in [0.3, 0.4) is 0 Å². The lowest BCUT2D eigenvalue weighted by Crippen LogP contribution is -2.45. The molecule has 1 saturated heterocycles. The number of hydrogen-bond donors (Lipinski definition) is 2. The predicted octanol–water partition coefficient (Wildman–Crippen LogP) is 1.28. The Kier molecular flexibility index (Phi) is 3.81. The molecular weight excluding hydrogens is 240 g/mol. The van der Waals surface area contributed by atoms with Gasteiger partial charge in [-0.1, -0.05) is 19.3 Å². The Hall–Kier alpha value is -0.610. The molecule has 3 aliphatic rings. The summed E-state index contributed by atoms with van der Waals surface area (Å²) < 4.78 is 0. The van der Waals surface area contributed by atoms with Crippen molar-refractivity contribution in [3.63, 3.8) is 0 Å². The third kappa shape index (κ3) is 2.95. The van der Waals surface area contributed by atoms with Crippen molar-refractivity contribution >= 4 is 5.91 Å². The van der Waals surface area contributed by atoms with Crippen LogP contribution < -0.4 is 5.32 Å². The highest BCUT2D eigenvalue weighted by Crippen LogP contribution is 2.37. The first-order valence-corrected chi connectivity index (χ1v) is 7.88. The maximum atomic E-state index is 12.4. The smallest absolute Gasteiger partial charge is 0.239 e. The van der Waals surface area contributed by atoms with Gasteiger partial charge in [0.2, 0.25) is 5.91 Å². The van der Waals surface area contributed by atoms with Gasteiger partial charge >= 0.3 is 0 Å². The number of aliphatic hydroxyl groups excluding tert-OH is 1. The minimum atomic E-state index is -0.0115. The van der Waals surface area contributed by atoms with Crippen molar-refractivity contribution in [1.29, 1.82) is 0 Å². The fourth-order valence-corrected chi connectivity index (χ4v) is 3.66. The third-order valence-corrected chi connectivity index (χ3v) is 5.09. The van der Waals surface area contributed by atoms with Crippen molar-refractivity contribution in [1.82, 2.24) is 10.2 Å². The van der Waals surface area contributed by atoms with Gasteiger partial charge in [-0.05, 0) is 32.1 Å². The molecule has 1 amide bonds. The third-order valence-electron chi connectivity index (χ3n) is 5.09. The Morgan fingerprint density at radius 2 is 1.95 bits per heavy atom. The summed E-state index contributed by atoms with van der Waals surface area (Å²) in [5.41, 5.74) is -0.0115. The van der Waals surface area contributed by atoms with E-state index in [1.54, 1.807) is 0 Å². The molecule has 0 aromatic carbocycles. The molecule has 4 nitrogen and oxygen atoms in total. The van der Waals surface area contributed by atoms with Crippen LogP contribution in [0.25, 0.3) is 0 Å². The van der Waals surface area contributed by atoms with E-state index in [4.69, 9.17) is 0 Å². The van der Waals surface area contributed by atoms with Gasteiger partial charge in [-0.2, -0.15) is 0 Å². The first kappa shape index (κ1) is 13.4. The van der Waals surface area contributed by atoms with Crippen LogP contribution in [-0.2, 0) is 4.79 Å². The van der Waals surface area contributed by atoms with Crippen LogP contribution in [0, 0.1) is 5.41 Å². The highest BCUT2D eigenvalue weighted by atomic mass is 16.3. The van der Waals surface area contributed by atoms with E-state index in [2.05, 4.69) is 5.32 Å². The van der Waals surface area contributed by atoms with Crippen LogP contribution in [0.1, 0.15) is 51.4 Å². The van der Waals surface area contributed by atoms with Gasteiger partial charge in [0.05, 0.1) is 12.6 Å². The van der Waals surface area contributed by atoms with E-state index >= 15 is 0 Å². The van der Waals surface area contributed by atoms with Crippen LogP contribution in [0.15, 0.2) is 0 Å². The predicted molar refractivity (Wildman–Crippen MR) is 73.7 cm³/mol. The number of likely N-dealkylation sites (tertiary alicyclic amines) is 1. The molecule has 0 spiro atoms. The summed E-state index contributed by atoms with van der Waals surface area (Å²) in [5, 5.41) is 13.2. The summed E-state index contributed by atoms with van der Waals surface area (Å²) in [6.45, 7) is 1.87. The van der Waals surface area contributed by atoms with E-state index in [0.717, 1.165) is 32.4 Å². The standard InChI is InChI=1S/C15H26N2O2/c18-11-15(7-2-1-3-8-15)10-17-9-6-13(14(17)19)16-12-4-5-12/h12-13,16,18H,1-11H2. The number of hydrogen-bond acceptors (Lipinski definition) is 3. The number of aliphatic hydroxyl groups is 1. The zero-order valence-electron chi connectivity index (χ0n) is 11.7. The van der Waals surface area contributed by atoms with Gasteiger partial charge in [-0.15, -0.1) is 0 Å². The van der Waals surface area contributed by atoms with Gasteiger partial charge in [0.25, 0.3) is 0 Å². The van der Waals surface area contributed by atoms with Crippen LogP contribution in [-0.4, -0.2) is 47.7 Å². The molecule has 0 aromatic heterocycles. The van der Waals surface area contributed by atoms with Gasteiger partial charge in [0, 0.05) is 24.5 Å². The molecule has 1 atom stereocenters. The Balaban J connectivity index is 1.57. The quantitative estimate of drug-likeness (QED) is 0.788. The van der Waals surface area contributed by atoms with E-state index in [0.29, 0.717) is 6.04 Å². The molecule has 3 fully saturated rings. The zero-order chi connectivity index (χ0) is 13.3. The fourth-order valence-electron chi connectivity index (χ4n) is 3.66. The molecule has 0 radical (unpaired) electrons. The molecule has 0 aromatic rings. The first-order valence-electron chi connectivity index (χ1n) is 7.88. The van der Waals surface area contributed by atoms with E-state index in [-0.39, 0.29) is 24.0 Å². The zero-order valence-corrected chi connectivity index (χ0v) is 11.7. The Labute approximate surface area is 115 Å². The number of rotatable bonds is 5. The molecule has 2 N–H and O–H groups in total. The summed E-state index contributed by atoms with van der Waals surface area (Å²) >= 11 is 0. The van der Waals surface area contributed by atoms with Crippen molar-refractivity contribution < 1.29 is 9.90 Å². The highest BCUT2D eigenvalue weighted by Gasteiger charge is 2.40. The molecular formula is C15H26N2O2. The largest absolute Gasteiger partial charge is 0.396 e. The molecule has 1 aliphatic heterocycles. The molecule has 1 heterocycles. The summed E-state index contributed by atoms with van der Waals surface area (Å²) in [7, 11) is 0. The van der Waals surface area contributed by atoms with Crippen LogP contribution >= 0.6 is 0 Å². The van der Waals surface area contributed by atoms with E-state index in [9.17, 15) is 9.90 Å². The number of carbonyl (C=O) groups excluding carboxylic acids is 1. The summed E-state index contributed by atoms with van der Waals surface area (Å²) in [6.07, 6.45) is 9.23. The monoisotopic (exact) mass is 266 g/mol. The maximum absolute atomic E-state index is 12.4. The lowest BCUT2D eigenvalue weighted by Gasteiger charge is -2.38. The van der Waals surface area contributed by atoms with Crippen molar-refractivity contribution in [3.05, 3.63) is 0 Å². The minimum Gasteiger partial charge on any atom is -0.396 e. The van der Waals surface area contributed by atoms with Crippen molar-refractivity contribution in [3.8, 4) is 0 Å². The second kappa shape index (κ2) is 5.41. The van der Waals surface area contributed by atoms with E-state index in [1.165, 1.54) is 32.1 Å². The van der Waals surface area contributed by atoms with Crippen LogP contribution in [0.4, 0.5) is 0 Å². The summed E-state index contributed by atoms with van der Waals surface area (Å²) in [4.78, 5) is 14.4. The normalized spacial score (nSPS) is 30.9. The molecule has 108 valence electrons. The molecule has 1 unspecified atom stereocenters. The van der Waals surface area contributed by atoms with Gasteiger partial charge in [0.15, 0.2) is 0 Å². The number of carbonyl (C=O) groups is 1. The summed E-state index contributed by atoms with van der Waals surface area (Å²) in [5.74, 6) is 0.269. The van der Waals surface area contributed by atoms with Crippen LogP contribution in [0.2, 0.25) is 0 Å². The number of amides is 1. The van der Waals surface area contributed by atoms with E-state index < -0.39 is 0 Å². The van der Waals surface area contributed by atoms with Crippen molar-refractivity contribution in [2.45, 2.75) is 63.5 Å². The molecule has 2 saturated carbocycles. The molecule has 3 rings (SSSR count). The molecule has 2 aliphatic carbocycles. The number of nitrogens with zero attached hydrogens (tertiary/aromatic N) is 1. The maximum Gasteiger partial charge on any atom is 0.239 e. The van der Waals surface area contributed by atoms with Gasteiger partial charge < -0.3 is 15.3 Å². The van der Waals surface area contributed by atoms with Gasteiger partial charge in [0.1, 0.15) is 0 Å². The SMILES string of the molecule is O=C1C(NC2CC2)CCN1CC1(CO)CCCCC1. The molecule has 4 heteroatoms. The number of nitrogens with one attached hydrogen (secondary N) is 1. The van der Waals surface area contributed by atoms with E-state index in [1.807, 2.05) is 4.90 Å². The lowest BCUT2D eigenvalue weighted by molar-refractivity contribution is -0.131. The second-order valence-electron chi connectivity index (χ2n) is 6.76. The topological polar surface area (TPSA) is 52.6 Å². The summed E-state index contributed by atoms with van der Waals surface area (Å²) in [6, 6.07) is 0.641.